The van der Waals surface area contributed by atoms with Gasteiger partial charge in [-0.1, -0.05) is 36.8 Å². The van der Waals surface area contributed by atoms with E-state index in [2.05, 4.69) is 59.3 Å². The zero-order valence-electron chi connectivity index (χ0n) is 12.1. The minimum absolute atomic E-state index is 0.547. The third kappa shape index (κ3) is 3.07. The first-order valence-corrected chi connectivity index (χ1v) is 7.53. The number of nitrogens with zero attached hydrogens (tertiary/aromatic N) is 2. The van der Waals surface area contributed by atoms with Gasteiger partial charge in [-0.25, -0.2) is 0 Å². The van der Waals surface area contributed by atoms with Crippen molar-refractivity contribution in [1.29, 1.82) is 0 Å². The fraction of sp³-hybridized carbons (Fsp3) is 0.389. The largest absolute Gasteiger partial charge is 0.292 e. The lowest BCUT2D eigenvalue weighted by molar-refractivity contribution is 0.140. The molecule has 0 aliphatic carbocycles. The molecule has 2 nitrogen and oxygen atoms in total. The van der Waals surface area contributed by atoms with Gasteiger partial charge in [-0.3, -0.25) is 9.88 Å². The van der Waals surface area contributed by atoms with E-state index < -0.39 is 0 Å². The quantitative estimate of drug-likeness (QED) is 0.831. The number of aromatic nitrogens is 1. The molecule has 1 saturated heterocycles. The molecule has 104 valence electrons. The molecule has 2 heterocycles. The van der Waals surface area contributed by atoms with Gasteiger partial charge < -0.3 is 0 Å². The van der Waals surface area contributed by atoms with E-state index >= 15 is 0 Å². The number of aryl methyl sites for hydroxylation is 1. The lowest BCUT2D eigenvalue weighted by Gasteiger charge is -2.36. The highest BCUT2D eigenvalue weighted by molar-refractivity contribution is 5.21. The first-order chi connectivity index (χ1) is 9.83. The second-order valence-electron chi connectivity index (χ2n) is 5.70. The fourth-order valence-corrected chi connectivity index (χ4v) is 3.15. The summed E-state index contributed by atoms with van der Waals surface area (Å²) in [7, 11) is 0. The molecule has 1 aromatic heterocycles. The summed E-state index contributed by atoms with van der Waals surface area (Å²) < 4.78 is 0. The molecule has 0 unspecified atom stereocenters. The normalized spacial score (nSPS) is 19.9. The number of pyridine rings is 1. The predicted octanol–water partition coefficient (Wildman–Crippen LogP) is 4.12. The van der Waals surface area contributed by atoms with E-state index in [1.807, 2.05) is 6.20 Å². The Hall–Kier alpha value is -1.67. The molecule has 1 aromatic carbocycles. The Bertz CT molecular complexity index is 550. The monoisotopic (exact) mass is 266 g/mol. The van der Waals surface area contributed by atoms with Gasteiger partial charge >= 0.3 is 0 Å². The Morgan fingerprint density at radius 2 is 2.00 bits per heavy atom. The summed E-state index contributed by atoms with van der Waals surface area (Å²) in [4.78, 5) is 6.94. The van der Waals surface area contributed by atoms with Gasteiger partial charge in [-0.15, -0.1) is 0 Å². The van der Waals surface area contributed by atoms with E-state index in [9.17, 15) is 0 Å². The maximum absolute atomic E-state index is 4.33. The summed E-state index contributed by atoms with van der Waals surface area (Å²) >= 11 is 0. The lowest BCUT2D eigenvalue weighted by atomic mass is 9.95. The van der Waals surface area contributed by atoms with Crippen LogP contribution in [0.15, 0.2) is 48.7 Å². The van der Waals surface area contributed by atoms with Gasteiger partial charge in [-0.2, -0.15) is 0 Å². The number of hydrogen-bond acceptors (Lipinski definition) is 2. The van der Waals surface area contributed by atoms with E-state index in [-0.39, 0.29) is 0 Å². The predicted molar refractivity (Wildman–Crippen MR) is 82.4 cm³/mol. The van der Waals surface area contributed by atoms with Gasteiger partial charge in [0.1, 0.15) is 0 Å². The second kappa shape index (κ2) is 6.19. The molecule has 0 radical (unpaired) electrons. The standard InChI is InChI=1S/C18H22N2/c1-15-13-17(10-11-19-15)18-9-5-6-12-20(18)14-16-7-3-2-4-8-16/h2-4,7-8,10-11,13,18H,5-6,9,12,14H2,1H3/t18-/m0/s1. The number of piperidine rings is 1. The van der Waals surface area contributed by atoms with Gasteiger partial charge in [-0.05, 0) is 49.6 Å². The molecule has 0 bridgehead atoms. The molecular formula is C18H22N2. The van der Waals surface area contributed by atoms with Crippen molar-refractivity contribution in [3.63, 3.8) is 0 Å². The molecule has 2 heteroatoms. The van der Waals surface area contributed by atoms with Crippen LogP contribution in [0.2, 0.25) is 0 Å². The molecular weight excluding hydrogens is 244 g/mol. The highest BCUT2D eigenvalue weighted by Gasteiger charge is 2.23. The maximum Gasteiger partial charge on any atom is 0.0375 e. The molecule has 0 amide bonds. The first-order valence-electron chi connectivity index (χ1n) is 7.53. The van der Waals surface area contributed by atoms with E-state index in [0.717, 1.165) is 12.2 Å². The summed E-state index contributed by atoms with van der Waals surface area (Å²) in [6, 6.07) is 15.8. The number of benzene rings is 1. The SMILES string of the molecule is Cc1cc([C@@H]2CCCCN2Cc2ccccc2)ccn1. The Morgan fingerprint density at radius 1 is 1.15 bits per heavy atom. The van der Waals surface area contributed by atoms with E-state index in [0.29, 0.717) is 6.04 Å². The number of rotatable bonds is 3. The molecule has 3 rings (SSSR count). The molecule has 1 atom stereocenters. The van der Waals surface area contributed by atoms with E-state index in [1.54, 1.807) is 0 Å². The topological polar surface area (TPSA) is 16.1 Å². The van der Waals surface area contributed by atoms with Gasteiger partial charge in [0.25, 0.3) is 0 Å². The fourth-order valence-electron chi connectivity index (χ4n) is 3.15. The third-order valence-electron chi connectivity index (χ3n) is 4.15. The van der Waals surface area contributed by atoms with Crippen LogP contribution in [-0.2, 0) is 6.54 Å². The van der Waals surface area contributed by atoms with Crippen molar-refractivity contribution in [2.45, 2.75) is 38.8 Å². The molecule has 1 aliphatic rings. The van der Waals surface area contributed by atoms with Gasteiger partial charge in [0, 0.05) is 24.5 Å². The average molecular weight is 266 g/mol. The molecule has 1 fully saturated rings. The highest BCUT2D eigenvalue weighted by atomic mass is 15.2. The lowest BCUT2D eigenvalue weighted by Crippen LogP contribution is -2.33. The van der Waals surface area contributed by atoms with Crippen molar-refractivity contribution in [1.82, 2.24) is 9.88 Å². The Morgan fingerprint density at radius 3 is 2.80 bits per heavy atom. The zero-order chi connectivity index (χ0) is 13.8. The zero-order valence-corrected chi connectivity index (χ0v) is 12.1. The molecule has 0 spiro atoms. The average Bonchev–Trinajstić information content (AvgIpc) is 2.49. The summed E-state index contributed by atoms with van der Waals surface area (Å²) in [5, 5.41) is 0. The summed E-state index contributed by atoms with van der Waals surface area (Å²) in [6.45, 7) is 4.32. The second-order valence-corrected chi connectivity index (χ2v) is 5.70. The van der Waals surface area contributed by atoms with Crippen LogP contribution in [0.1, 0.15) is 42.1 Å². The summed E-state index contributed by atoms with van der Waals surface area (Å²) in [5.74, 6) is 0. The van der Waals surface area contributed by atoms with Crippen LogP contribution in [0.4, 0.5) is 0 Å². The van der Waals surface area contributed by atoms with Gasteiger partial charge in [0.15, 0.2) is 0 Å². The molecule has 0 saturated carbocycles. The van der Waals surface area contributed by atoms with Crippen LogP contribution < -0.4 is 0 Å². The van der Waals surface area contributed by atoms with Crippen LogP contribution in [-0.4, -0.2) is 16.4 Å². The van der Waals surface area contributed by atoms with Crippen LogP contribution in [0.25, 0.3) is 0 Å². The van der Waals surface area contributed by atoms with Crippen LogP contribution in [0.5, 0.6) is 0 Å². The molecule has 1 aliphatic heterocycles. The number of hydrogen-bond donors (Lipinski definition) is 0. The minimum Gasteiger partial charge on any atom is -0.292 e. The van der Waals surface area contributed by atoms with Gasteiger partial charge in [0.2, 0.25) is 0 Å². The van der Waals surface area contributed by atoms with Crippen molar-refractivity contribution in [3.05, 3.63) is 65.5 Å². The summed E-state index contributed by atoms with van der Waals surface area (Å²) in [6.07, 6.45) is 5.85. The van der Waals surface area contributed by atoms with Crippen LogP contribution in [0, 0.1) is 6.92 Å². The van der Waals surface area contributed by atoms with Gasteiger partial charge in [0.05, 0.1) is 0 Å². The number of likely N-dealkylation sites (tertiary alicyclic amines) is 1. The summed E-state index contributed by atoms with van der Waals surface area (Å²) in [5.41, 5.74) is 3.95. The third-order valence-corrected chi connectivity index (χ3v) is 4.15. The molecule has 0 N–H and O–H groups in total. The van der Waals surface area contributed by atoms with Crippen LogP contribution in [0.3, 0.4) is 0 Å². The Labute approximate surface area is 121 Å². The molecule has 20 heavy (non-hydrogen) atoms. The molecule has 2 aromatic rings. The van der Waals surface area contributed by atoms with Crippen LogP contribution >= 0.6 is 0 Å². The van der Waals surface area contributed by atoms with Crippen molar-refractivity contribution < 1.29 is 0 Å². The van der Waals surface area contributed by atoms with Crippen molar-refractivity contribution in [2.24, 2.45) is 0 Å². The minimum atomic E-state index is 0.547. The van der Waals surface area contributed by atoms with E-state index in [1.165, 1.54) is 36.9 Å². The Kier molecular flexibility index (Phi) is 4.12. The van der Waals surface area contributed by atoms with Crippen molar-refractivity contribution >= 4 is 0 Å². The van der Waals surface area contributed by atoms with Crippen molar-refractivity contribution in [3.8, 4) is 0 Å². The smallest absolute Gasteiger partial charge is 0.0375 e. The highest BCUT2D eigenvalue weighted by Crippen LogP contribution is 2.32. The Balaban J connectivity index is 1.80. The first kappa shape index (κ1) is 13.3. The maximum atomic E-state index is 4.33. The van der Waals surface area contributed by atoms with E-state index in [4.69, 9.17) is 0 Å². The van der Waals surface area contributed by atoms with Crippen molar-refractivity contribution in [2.75, 3.05) is 6.54 Å².